The van der Waals surface area contributed by atoms with Crippen LogP contribution < -0.4 is 5.32 Å². The number of ether oxygens (including phenoxy) is 2. The first-order chi connectivity index (χ1) is 8.15. The zero-order valence-corrected chi connectivity index (χ0v) is 11.1. The Morgan fingerprint density at radius 2 is 2.18 bits per heavy atom. The van der Waals surface area contributed by atoms with Crippen molar-refractivity contribution < 1.29 is 14.3 Å². The maximum absolute atomic E-state index is 12.0. The number of nitrogens with zero attached hydrogens (tertiary/aromatic N) is 1. The molecule has 5 nitrogen and oxygen atoms in total. The van der Waals surface area contributed by atoms with Crippen LogP contribution in [-0.2, 0) is 14.3 Å². The van der Waals surface area contributed by atoms with Crippen LogP contribution in [0.2, 0.25) is 0 Å². The molecule has 0 spiro atoms. The van der Waals surface area contributed by atoms with E-state index in [9.17, 15) is 4.79 Å². The molecule has 100 valence electrons. The van der Waals surface area contributed by atoms with Gasteiger partial charge in [0.25, 0.3) is 0 Å². The molecule has 17 heavy (non-hydrogen) atoms. The van der Waals surface area contributed by atoms with E-state index in [4.69, 9.17) is 9.47 Å². The number of carbonyl (C=O) groups excluding carboxylic acids is 1. The Labute approximate surface area is 103 Å². The summed E-state index contributed by atoms with van der Waals surface area (Å²) in [5.74, 6) is -0.215. The molecule has 1 fully saturated rings. The molecule has 1 aliphatic heterocycles. The Hall–Kier alpha value is -0.650. The number of rotatable bonds is 5. The molecular formula is C12H24N2O3. The molecule has 0 radical (unpaired) electrons. The lowest BCUT2D eigenvalue weighted by molar-refractivity contribution is -0.158. The fourth-order valence-electron chi connectivity index (χ4n) is 2.14. The van der Waals surface area contributed by atoms with Crippen LogP contribution in [0.25, 0.3) is 0 Å². The van der Waals surface area contributed by atoms with Gasteiger partial charge in [0.1, 0.15) is 5.54 Å². The standard InChI is InChI=1S/C12H24N2O3/c1-4-17-10-12(2,11(15)16-3)14-8-5-6-13-7-9-14/h13H,4-10H2,1-3H3. The van der Waals surface area contributed by atoms with E-state index >= 15 is 0 Å². The first kappa shape index (κ1) is 14.4. The van der Waals surface area contributed by atoms with Gasteiger partial charge in [0.2, 0.25) is 0 Å². The van der Waals surface area contributed by atoms with E-state index < -0.39 is 5.54 Å². The van der Waals surface area contributed by atoms with Gasteiger partial charge in [-0.15, -0.1) is 0 Å². The lowest BCUT2D eigenvalue weighted by Gasteiger charge is -2.37. The van der Waals surface area contributed by atoms with Crippen molar-refractivity contribution in [2.24, 2.45) is 0 Å². The monoisotopic (exact) mass is 244 g/mol. The number of nitrogens with one attached hydrogen (secondary N) is 1. The lowest BCUT2D eigenvalue weighted by atomic mass is 10.0. The van der Waals surface area contributed by atoms with Crippen LogP contribution in [0, 0.1) is 0 Å². The summed E-state index contributed by atoms with van der Waals surface area (Å²) in [4.78, 5) is 14.1. The molecule has 1 heterocycles. The summed E-state index contributed by atoms with van der Waals surface area (Å²) in [5.41, 5.74) is -0.670. The summed E-state index contributed by atoms with van der Waals surface area (Å²) in [5, 5.41) is 3.33. The Morgan fingerprint density at radius 3 is 2.82 bits per heavy atom. The molecule has 5 heteroatoms. The largest absolute Gasteiger partial charge is 0.468 e. The number of carbonyl (C=O) groups is 1. The summed E-state index contributed by atoms with van der Waals surface area (Å²) >= 11 is 0. The van der Waals surface area contributed by atoms with E-state index in [1.165, 1.54) is 7.11 Å². The Bertz CT molecular complexity index is 240. The summed E-state index contributed by atoms with van der Waals surface area (Å²) in [6, 6.07) is 0. The molecule has 1 atom stereocenters. The Kier molecular flexibility index (Phi) is 5.88. The second kappa shape index (κ2) is 6.93. The SMILES string of the molecule is CCOCC(C)(C(=O)OC)N1CCCNCC1. The van der Waals surface area contributed by atoms with Gasteiger partial charge in [-0.25, -0.2) is 4.79 Å². The van der Waals surface area contributed by atoms with Crippen LogP contribution in [0.15, 0.2) is 0 Å². The van der Waals surface area contributed by atoms with Crippen molar-refractivity contribution in [2.45, 2.75) is 25.8 Å². The molecule has 1 unspecified atom stereocenters. The third kappa shape index (κ3) is 3.66. The third-order valence-electron chi connectivity index (χ3n) is 3.25. The van der Waals surface area contributed by atoms with Crippen LogP contribution in [0.5, 0.6) is 0 Å². The van der Waals surface area contributed by atoms with Crippen molar-refractivity contribution in [3.05, 3.63) is 0 Å². The van der Waals surface area contributed by atoms with Crippen molar-refractivity contribution in [3.63, 3.8) is 0 Å². The van der Waals surface area contributed by atoms with E-state index in [-0.39, 0.29) is 5.97 Å². The van der Waals surface area contributed by atoms with Crippen molar-refractivity contribution in [1.29, 1.82) is 0 Å². The predicted octanol–water partition coefficient (Wildman–Crippen LogP) is 0.250. The van der Waals surface area contributed by atoms with E-state index in [1.54, 1.807) is 0 Å². The first-order valence-electron chi connectivity index (χ1n) is 6.27. The van der Waals surface area contributed by atoms with Gasteiger partial charge in [-0.05, 0) is 26.8 Å². The maximum Gasteiger partial charge on any atom is 0.328 e. The van der Waals surface area contributed by atoms with Crippen LogP contribution in [-0.4, -0.2) is 62.9 Å². The third-order valence-corrected chi connectivity index (χ3v) is 3.25. The molecule has 0 aromatic heterocycles. The number of methoxy groups -OCH3 is 1. The molecule has 0 saturated carbocycles. The topological polar surface area (TPSA) is 50.8 Å². The average molecular weight is 244 g/mol. The van der Waals surface area contributed by atoms with Crippen molar-refractivity contribution in [2.75, 3.05) is 46.5 Å². The van der Waals surface area contributed by atoms with Gasteiger partial charge < -0.3 is 14.8 Å². The first-order valence-corrected chi connectivity index (χ1v) is 6.27. The lowest BCUT2D eigenvalue weighted by Crippen LogP contribution is -2.57. The minimum absolute atomic E-state index is 0.215. The highest BCUT2D eigenvalue weighted by molar-refractivity contribution is 5.80. The molecule has 0 aliphatic carbocycles. The van der Waals surface area contributed by atoms with Crippen LogP contribution in [0.3, 0.4) is 0 Å². The highest BCUT2D eigenvalue weighted by atomic mass is 16.5. The normalized spacial score (nSPS) is 21.6. The molecule has 0 aromatic rings. The van der Waals surface area contributed by atoms with E-state index in [0.29, 0.717) is 13.2 Å². The molecule has 1 N–H and O–H groups in total. The summed E-state index contributed by atoms with van der Waals surface area (Å²) < 4.78 is 10.4. The van der Waals surface area contributed by atoms with Gasteiger partial charge in [-0.1, -0.05) is 0 Å². The zero-order valence-electron chi connectivity index (χ0n) is 11.1. The summed E-state index contributed by atoms with van der Waals surface area (Å²) in [6.45, 7) is 8.47. The number of esters is 1. The Balaban J connectivity index is 2.75. The van der Waals surface area contributed by atoms with Crippen molar-refractivity contribution in [3.8, 4) is 0 Å². The van der Waals surface area contributed by atoms with Crippen LogP contribution >= 0.6 is 0 Å². The minimum atomic E-state index is -0.670. The van der Waals surface area contributed by atoms with Gasteiger partial charge in [0.15, 0.2) is 0 Å². The second-order valence-corrected chi connectivity index (χ2v) is 4.49. The second-order valence-electron chi connectivity index (χ2n) is 4.49. The predicted molar refractivity (Wildman–Crippen MR) is 66.0 cm³/mol. The van der Waals surface area contributed by atoms with Gasteiger partial charge in [0, 0.05) is 26.2 Å². The average Bonchev–Trinajstić information content (AvgIpc) is 2.64. The molecule has 0 aromatic carbocycles. The molecule has 1 rings (SSSR count). The molecule has 0 bridgehead atoms. The van der Waals surface area contributed by atoms with Gasteiger partial charge in [-0.2, -0.15) is 0 Å². The fourth-order valence-corrected chi connectivity index (χ4v) is 2.14. The maximum atomic E-state index is 12.0. The van der Waals surface area contributed by atoms with Crippen molar-refractivity contribution >= 4 is 5.97 Å². The molecule has 0 amide bonds. The number of hydrogen-bond donors (Lipinski definition) is 1. The zero-order chi connectivity index (χ0) is 12.7. The van der Waals surface area contributed by atoms with E-state index in [0.717, 1.165) is 32.6 Å². The quantitative estimate of drug-likeness (QED) is 0.703. The van der Waals surface area contributed by atoms with E-state index in [2.05, 4.69) is 10.2 Å². The Morgan fingerprint density at radius 1 is 1.41 bits per heavy atom. The van der Waals surface area contributed by atoms with Gasteiger partial charge >= 0.3 is 5.97 Å². The highest BCUT2D eigenvalue weighted by Gasteiger charge is 2.40. The molecular weight excluding hydrogens is 220 g/mol. The van der Waals surface area contributed by atoms with Gasteiger partial charge in [0.05, 0.1) is 13.7 Å². The molecule has 1 aliphatic rings. The summed E-state index contributed by atoms with van der Waals surface area (Å²) in [6.07, 6.45) is 1.04. The molecule has 1 saturated heterocycles. The van der Waals surface area contributed by atoms with Crippen LogP contribution in [0.4, 0.5) is 0 Å². The fraction of sp³-hybridized carbons (Fsp3) is 0.917. The van der Waals surface area contributed by atoms with E-state index in [1.807, 2.05) is 13.8 Å². The van der Waals surface area contributed by atoms with Crippen LogP contribution in [0.1, 0.15) is 20.3 Å². The highest BCUT2D eigenvalue weighted by Crippen LogP contribution is 2.19. The minimum Gasteiger partial charge on any atom is -0.468 e. The van der Waals surface area contributed by atoms with Crippen molar-refractivity contribution in [1.82, 2.24) is 10.2 Å². The smallest absolute Gasteiger partial charge is 0.328 e. The number of hydrogen-bond acceptors (Lipinski definition) is 5. The van der Waals surface area contributed by atoms with Gasteiger partial charge in [-0.3, -0.25) is 4.90 Å². The summed E-state index contributed by atoms with van der Waals surface area (Å²) in [7, 11) is 1.43.